The number of nitrogens with zero attached hydrogens (tertiary/aromatic N) is 14. The molecular weight excluding hydrogens is 1130 g/mol. The molecule has 81 heavy (non-hydrogen) atoms. The van der Waals surface area contributed by atoms with Gasteiger partial charge in [0.05, 0.1) is 13.1 Å². The van der Waals surface area contributed by atoms with Crippen LogP contribution < -0.4 is 91.7 Å². The first-order valence-corrected chi connectivity index (χ1v) is 15.1. The SMILES string of the molecule is C.N.N.N#N.N#N.N=C=O.N=C=O.N=C=O.N=N.N=N.NC(=O)CNC(N)=O.NC(=O)CNC(N)=O.NC(=O)N=NC(N)=O.NC(=O)N=NC(N)=O.NC(=O)N=NC(N)=O.NC(=O)N=NC(N)=O.O.O=C1CC(=O)N=N1.O=C=O.[C-]#[O+].[HH].[HH]. The van der Waals surface area contributed by atoms with Crippen molar-refractivity contribution in [1.29, 1.82) is 59.9 Å². The average molecular weight is 1190 g/mol. The van der Waals surface area contributed by atoms with Gasteiger partial charge in [0.2, 0.25) is 30.1 Å². The first kappa shape index (κ1) is 127. The molecule has 0 radical (unpaired) electrons. The Morgan fingerprint density at radius 1 is 0.457 bits per heavy atom. The van der Waals surface area contributed by atoms with E-state index in [1.807, 2.05) is 10.6 Å². The van der Waals surface area contributed by atoms with Crippen LogP contribution >= 0.6 is 0 Å². The summed E-state index contributed by atoms with van der Waals surface area (Å²) in [6.07, 6.45) is 2.36. The first-order chi connectivity index (χ1) is 35.7. The van der Waals surface area contributed by atoms with Crippen molar-refractivity contribution in [2.24, 2.45) is 120 Å². The van der Waals surface area contributed by atoms with Crippen molar-refractivity contribution < 1.29 is 104 Å². The number of nitrogens with two attached hydrogens (primary N) is 12. The van der Waals surface area contributed by atoms with Crippen LogP contribution in [0.2, 0.25) is 0 Å². The predicted octanol–water partition coefficient (Wildman–Crippen LogP) is -4.48. The Bertz CT molecular complexity index is 1820. The third-order valence-electron chi connectivity index (χ3n) is 2.44. The number of rotatable bonds is 4. The summed E-state index contributed by atoms with van der Waals surface area (Å²) in [5.74, 6) is -2.09. The average Bonchev–Trinajstić information content (AvgIpc) is 3.74. The number of isocyanates is 3. The van der Waals surface area contributed by atoms with Crippen molar-refractivity contribution >= 4 is 108 Å². The van der Waals surface area contributed by atoms with E-state index in [-0.39, 0.29) is 53.7 Å². The molecule has 0 saturated carbocycles. The summed E-state index contributed by atoms with van der Waals surface area (Å²) in [7, 11) is 0. The molecule has 24 amide bonds. The summed E-state index contributed by atoms with van der Waals surface area (Å²) in [6.45, 7) is 4.10. The molecule has 1 rings (SSSR count). The van der Waals surface area contributed by atoms with Gasteiger partial charge in [-0.2, -0.15) is 9.59 Å². The van der Waals surface area contributed by atoms with Crippen molar-refractivity contribution in [2.45, 2.75) is 13.8 Å². The van der Waals surface area contributed by atoms with Crippen LogP contribution in [-0.4, -0.2) is 127 Å². The Morgan fingerprint density at radius 2 is 0.568 bits per heavy atom. The maximum Gasteiger partial charge on any atom is 0 e. The molecule has 458 valence electrons. The number of carbonyl (C=O) groups excluding carboxylic acids is 19. The van der Waals surface area contributed by atoms with E-state index in [9.17, 15) is 67.1 Å². The number of amides is 24. The fourth-order valence-electron chi connectivity index (χ4n) is 1.05. The zero-order chi connectivity index (χ0) is 65.5. The molecule has 0 aromatic rings. The van der Waals surface area contributed by atoms with Crippen molar-refractivity contribution in [3.63, 3.8) is 0 Å². The second-order valence-electron chi connectivity index (χ2n) is 7.43. The molecule has 0 bridgehead atoms. The van der Waals surface area contributed by atoms with Crippen molar-refractivity contribution in [2.75, 3.05) is 13.1 Å². The Morgan fingerprint density at radius 3 is 0.605 bits per heavy atom. The molecule has 0 spiro atoms. The Labute approximate surface area is 449 Å². The van der Waals surface area contributed by atoms with E-state index in [2.05, 4.69) is 127 Å². The second-order valence-corrected chi connectivity index (χ2v) is 7.43. The monoisotopic (exact) mass is 1190 g/mol. The zero-order valence-electron chi connectivity index (χ0n) is 39.4. The molecule has 0 atom stereocenters. The Hall–Kier alpha value is -14.2. The molecule has 0 aromatic heterocycles. The van der Waals surface area contributed by atoms with Gasteiger partial charge in [-0.15, -0.1) is 10.2 Å². The smallest absolute Gasteiger partial charge is 0 e. The largest absolute Gasteiger partial charge is 0 e. The third kappa shape index (κ3) is 436. The van der Waals surface area contributed by atoms with Gasteiger partial charge < -0.3 is 97.2 Å². The van der Waals surface area contributed by atoms with Crippen LogP contribution in [0.4, 0.5) is 47.9 Å². The van der Waals surface area contributed by atoms with E-state index in [0.29, 0.717) is 0 Å². The molecule has 58 heteroatoms. The molecule has 41 N–H and O–H groups in total. The van der Waals surface area contributed by atoms with Gasteiger partial charge in [0.1, 0.15) is 6.42 Å². The summed E-state index contributed by atoms with van der Waals surface area (Å²) in [5, 5.41) is 71.0. The van der Waals surface area contributed by atoms with Crippen LogP contribution in [0.25, 0.3) is 0 Å². The topological polar surface area (TPSA) is 1170 Å². The summed E-state index contributed by atoms with van der Waals surface area (Å²) >= 11 is 0. The van der Waals surface area contributed by atoms with Gasteiger partial charge in [-0.1, -0.05) is 48.3 Å². The molecular formula is C23H55N37O21. The zero-order valence-corrected chi connectivity index (χ0v) is 39.4. The molecule has 58 nitrogen and oxygen atoms in total. The molecule has 0 fully saturated rings. The van der Waals surface area contributed by atoms with Gasteiger partial charge in [-0.3, -0.25) is 19.2 Å². The van der Waals surface area contributed by atoms with E-state index in [1.54, 1.807) is 0 Å². The van der Waals surface area contributed by atoms with E-state index in [0.717, 1.165) is 18.2 Å². The van der Waals surface area contributed by atoms with Gasteiger partial charge in [-0.25, -0.2) is 101 Å². The molecule has 0 saturated heterocycles. The van der Waals surface area contributed by atoms with Crippen LogP contribution in [-0.2, 0) is 47.8 Å². The second kappa shape index (κ2) is 126. The Kier molecular flexibility index (Phi) is 197. The Balaban J connectivity index is -0.0000000266. The molecule has 1 heterocycles. The third-order valence-corrected chi connectivity index (χ3v) is 2.44. The maximum atomic E-state index is 9.97. The van der Waals surface area contributed by atoms with Gasteiger partial charge in [-0.05, 0) is 0 Å². The normalized spacial score (nSPS) is 7.53. The fourth-order valence-corrected chi connectivity index (χ4v) is 1.05. The number of nitrogens with one attached hydrogen (secondary N) is 9. The standard InChI is InChI=1S/2C3H7N3O2.C3H2N2O2.4C2H4N4O2.3CHNO.CO2.CO.CH4.2H2N2.2N2.2H3N.H2O.2H2/c2*4-2(7)1-6-3(5)8;6-2-1-3(7)5-4-2;4*3-1(7)5-6-2(4)8;4*2-1-3;1-2;;4*1-2;;;;;/h2*1H2,(H2,4,7)(H3,5,6,8);1H2;4*(H2,3,7)(H2,4,8);3*2H;;;1H4;2*1-2H;;;2*1H3;1H2;2*1H. The number of azo groups is 5. The summed E-state index contributed by atoms with van der Waals surface area (Å²) < 4.78 is 7.50. The van der Waals surface area contributed by atoms with E-state index in [4.69, 9.17) is 88.5 Å². The minimum absolute atomic E-state index is 0. The van der Waals surface area contributed by atoms with E-state index in [1.165, 1.54) is 0 Å². The molecule has 1 aliphatic heterocycles. The predicted molar refractivity (Wildman–Crippen MR) is 246 cm³/mol. The summed E-state index contributed by atoms with van der Waals surface area (Å²) in [6, 6.07) is -9.80. The van der Waals surface area contributed by atoms with Gasteiger partial charge in [0.25, 0.3) is 11.8 Å². The van der Waals surface area contributed by atoms with Crippen molar-refractivity contribution in [3.8, 4) is 0 Å². The molecule has 0 unspecified atom stereocenters. The molecule has 1 aliphatic rings. The van der Waals surface area contributed by atoms with Crippen LogP contribution in [0.1, 0.15) is 16.7 Å². The number of urea groups is 10. The van der Waals surface area contributed by atoms with Gasteiger partial charge in [0, 0.05) is 24.4 Å². The fraction of sp³-hybridized carbons (Fsp3) is 0.174. The number of hydrogen-bond donors (Lipinski definition) is 23. The molecule has 0 aromatic carbocycles. The quantitative estimate of drug-likeness (QED) is 0.0240. The van der Waals surface area contributed by atoms with E-state index < -0.39 is 83.9 Å². The number of hydrogen-bond acceptors (Lipinski definition) is 32. The summed E-state index contributed by atoms with van der Waals surface area (Å²) in [5.41, 5.74) is 73.9. The van der Waals surface area contributed by atoms with Gasteiger partial charge in [0.15, 0.2) is 0 Å². The molecule has 0 aliphatic carbocycles. The van der Waals surface area contributed by atoms with Crippen LogP contribution in [0.15, 0.2) is 51.1 Å². The van der Waals surface area contributed by atoms with Crippen LogP contribution in [0, 0.1) is 66.6 Å². The van der Waals surface area contributed by atoms with E-state index >= 15 is 0 Å². The van der Waals surface area contributed by atoms with Crippen molar-refractivity contribution in [1.82, 2.24) is 22.9 Å². The maximum absolute atomic E-state index is 9.97. The van der Waals surface area contributed by atoms with Crippen LogP contribution in [0.3, 0.4) is 0 Å². The van der Waals surface area contributed by atoms with Gasteiger partial charge >= 0.3 is 77.8 Å². The van der Waals surface area contributed by atoms with Crippen LogP contribution in [0.5, 0.6) is 0 Å². The van der Waals surface area contributed by atoms with Crippen molar-refractivity contribution in [3.05, 3.63) is 6.65 Å². The first-order valence-electron chi connectivity index (χ1n) is 15.1. The minimum Gasteiger partial charge on any atom is 0 e. The minimum atomic E-state index is -1.04. The number of carbonyl (C=O) groups is 14. The summed E-state index contributed by atoms with van der Waals surface area (Å²) in [4.78, 5) is 178. The number of primary amides is 12.